The van der Waals surface area contributed by atoms with Gasteiger partial charge in [-0.25, -0.2) is 0 Å². The van der Waals surface area contributed by atoms with E-state index in [4.69, 9.17) is 0 Å². The van der Waals surface area contributed by atoms with Crippen LogP contribution in [0.3, 0.4) is 0 Å². The first-order valence-electron chi connectivity index (χ1n) is 9.29. The number of rotatable bonds is 5. The van der Waals surface area contributed by atoms with Crippen molar-refractivity contribution in [3.8, 4) is 0 Å². The first-order valence-corrected chi connectivity index (χ1v) is 9.29. The third-order valence-electron chi connectivity index (χ3n) is 5.58. The molecule has 1 N–H and O–H groups in total. The van der Waals surface area contributed by atoms with E-state index in [-0.39, 0.29) is 17.7 Å². The van der Waals surface area contributed by atoms with Gasteiger partial charge in [-0.1, -0.05) is 31.4 Å². The number of nitrogens with one attached hydrogen (secondary N) is 1. The molecule has 3 amide bonds. The number of carbonyl (C=O) groups is 3. The highest BCUT2D eigenvalue weighted by Gasteiger charge is 2.51. The highest BCUT2D eigenvalue weighted by molar-refractivity contribution is 6.05. The number of imide groups is 1. The van der Waals surface area contributed by atoms with Crippen molar-refractivity contribution in [3.05, 3.63) is 35.4 Å². The molecule has 26 heavy (non-hydrogen) atoms. The fourth-order valence-corrected chi connectivity index (χ4v) is 4.13. The number of nitrogens with zero attached hydrogens (tertiary/aromatic N) is 2. The quantitative estimate of drug-likeness (QED) is 0.820. The molecule has 1 spiro atoms. The molecule has 1 aromatic carbocycles. The van der Waals surface area contributed by atoms with Crippen molar-refractivity contribution in [2.75, 3.05) is 20.8 Å². The Labute approximate surface area is 154 Å². The van der Waals surface area contributed by atoms with Gasteiger partial charge in [-0.05, 0) is 37.6 Å². The van der Waals surface area contributed by atoms with Gasteiger partial charge in [0, 0.05) is 25.6 Å². The largest absolute Gasteiger partial charge is 0.355 e. The van der Waals surface area contributed by atoms with E-state index in [0.717, 1.165) is 37.7 Å². The second kappa shape index (κ2) is 7.58. The van der Waals surface area contributed by atoms with Crippen molar-refractivity contribution in [1.29, 1.82) is 0 Å². The van der Waals surface area contributed by atoms with Crippen LogP contribution in [0.15, 0.2) is 24.3 Å². The minimum Gasteiger partial charge on any atom is -0.355 e. The highest BCUT2D eigenvalue weighted by atomic mass is 16.2. The number of carbonyl (C=O) groups excluding carboxylic acids is 3. The summed E-state index contributed by atoms with van der Waals surface area (Å²) in [5, 5.41) is 2.60. The molecule has 1 aromatic rings. The van der Waals surface area contributed by atoms with Crippen LogP contribution in [0.1, 0.15) is 54.4 Å². The zero-order valence-corrected chi connectivity index (χ0v) is 15.6. The lowest BCUT2D eigenvalue weighted by atomic mass is 9.73. The van der Waals surface area contributed by atoms with Gasteiger partial charge in [-0.15, -0.1) is 0 Å². The standard InChI is InChI=1S/C20H27N3O3/c1-21-18(25)16-8-6-15(7-9-16)13-22(2)14-23-17(24)12-20(19(23)26)10-4-3-5-11-20/h6-9H,3-5,10-14H2,1-2H3,(H,21,25). The van der Waals surface area contributed by atoms with E-state index in [1.54, 1.807) is 19.2 Å². The van der Waals surface area contributed by atoms with Crippen LogP contribution in [0.2, 0.25) is 0 Å². The zero-order chi connectivity index (χ0) is 18.7. The Hall–Kier alpha value is -2.21. The van der Waals surface area contributed by atoms with Crippen molar-refractivity contribution >= 4 is 17.7 Å². The first kappa shape index (κ1) is 18.6. The van der Waals surface area contributed by atoms with Crippen LogP contribution < -0.4 is 5.32 Å². The average Bonchev–Trinajstić information content (AvgIpc) is 2.86. The summed E-state index contributed by atoms with van der Waals surface area (Å²) in [6.07, 6.45) is 5.31. The lowest BCUT2D eigenvalue weighted by Gasteiger charge is -2.31. The van der Waals surface area contributed by atoms with Gasteiger partial charge >= 0.3 is 0 Å². The van der Waals surface area contributed by atoms with Gasteiger partial charge in [0.2, 0.25) is 11.8 Å². The maximum absolute atomic E-state index is 12.9. The van der Waals surface area contributed by atoms with E-state index < -0.39 is 5.41 Å². The van der Waals surface area contributed by atoms with Crippen LogP contribution in [0, 0.1) is 5.41 Å². The van der Waals surface area contributed by atoms with Gasteiger partial charge in [-0.2, -0.15) is 0 Å². The summed E-state index contributed by atoms with van der Waals surface area (Å²) in [7, 11) is 3.51. The Balaban J connectivity index is 1.61. The zero-order valence-electron chi connectivity index (χ0n) is 15.6. The maximum atomic E-state index is 12.9. The van der Waals surface area contributed by atoms with Crippen molar-refractivity contribution in [1.82, 2.24) is 15.1 Å². The molecule has 2 aliphatic rings. The molecule has 0 atom stereocenters. The van der Waals surface area contributed by atoms with Crippen LogP contribution in [0.25, 0.3) is 0 Å². The minimum absolute atomic E-state index is 0.0176. The molecule has 1 saturated heterocycles. The van der Waals surface area contributed by atoms with Crippen molar-refractivity contribution in [3.63, 3.8) is 0 Å². The van der Waals surface area contributed by atoms with Crippen LogP contribution in [0.4, 0.5) is 0 Å². The topological polar surface area (TPSA) is 69.7 Å². The van der Waals surface area contributed by atoms with Gasteiger partial charge in [0.25, 0.3) is 5.91 Å². The van der Waals surface area contributed by atoms with E-state index in [2.05, 4.69) is 5.32 Å². The molecular weight excluding hydrogens is 330 g/mol. The molecule has 1 heterocycles. The second-order valence-corrected chi connectivity index (χ2v) is 7.58. The Morgan fingerprint density at radius 3 is 2.42 bits per heavy atom. The van der Waals surface area contributed by atoms with Crippen LogP contribution in [-0.4, -0.2) is 48.3 Å². The van der Waals surface area contributed by atoms with Gasteiger partial charge in [0.1, 0.15) is 0 Å². The number of hydrogen-bond acceptors (Lipinski definition) is 4. The molecule has 1 aliphatic heterocycles. The molecule has 3 rings (SSSR count). The predicted molar refractivity (Wildman–Crippen MR) is 98.2 cm³/mol. The molecule has 0 unspecified atom stereocenters. The summed E-state index contributed by atoms with van der Waals surface area (Å²) in [6, 6.07) is 7.37. The van der Waals surface area contributed by atoms with Crippen molar-refractivity contribution < 1.29 is 14.4 Å². The number of benzene rings is 1. The summed E-state index contributed by atoms with van der Waals surface area (Å²) in [5.41, 5.74) is 1.22. The molecule has 140 valence electrons. The number of hydrogen-bond donors (Lipinski definition) is 1. The number of amides is 3. The molecular formula is C20H27N3O3. The third kappa shape index (κ3) is 3.65. The molecule has 0 aromatic heterocycles. The first-order chi connectivity index (χ1) is 12.4. The predicted octanol–water partition coefficient (Wildman–Crippen LogP) is 2.14. The third-order valence-corrected chi connectivity index (χ3v) is 5.58. The van der Waals surface area contributed by atoms with Gasteiger partial charge in [0.05, 0.1) is 12.1 Å². The molecule has 2 fully saturated rings. The molecule has 6 heteroatoms. The molecule has 0 radical (unpaired) electrons. The van der Waals surface area contributed by atoms with E-state index >= 15 is 0 Å². The normalized spacial score (nSPS) is 19.4. The minimum atomic E-state index is -0.425. The monoisotopic (exact) mass is 357 g/mol. The molecule has 1 aliphatic carbocycles. The summed E-state index contributed by atoms with van der Waals surface area (Å²) in [5.74, 6) is -0.140. The fourth-order valence-electron chi connectivity index (χ4n) is 4.13. The Morgan fingerprint density at radius 2 is 1.81 bits per heavy atom. The Kier molecular flexibility index (Phi) is 5.41. The lowest BCUT2D eigenvalue weighted by molar-refractivity contribution is -0.144. The smallest absolute Gasteiger partial charge is 0.251 e. The summed E-state index contributed by atoms with van der Waals surface area (Å²) < 4.78 is 0. The average molecular weight is 357 g/mol. The van der Waals surface area contributed by atoms with Crippen molar-refractivity contribution in [2.24, 2.45) is 5.41 Å². The molecule has 1 saturated carbocycles. The highest BCUT2D eigenvalue weighted by Crippen LogP contribution is 2.45. The Bertz CT molecular complexity index is 693. The van der Waals surface area contributed by atoms with Gasteiger partial charge < -0.3 is 5.32 Å². The van der Waals surface area contributed by atoms with Crippen LogP contribution in [-0.2, 0) is 16.1 Å². The van der Waals surface area contributed by atoms with E-state index in [1.807, 2.05) is 24.1 Å². The van der Waals surface area contributed by atoms with E-state index in [0.29, 0.717) is 25.2 Å². The maximum Gasteiger partial charge on any atom is 0.251 e. The molecule has 0 bridgehead atoms. The van der Waals surface area contributed by atoms with E-state index in [9.17, 15) is 14.4 Å². The molecule has 6 nitrogen and oxygen atoms in total. The van der Waals surface area contributed by atoms with Crippen LogP contribution in [0.5, 0.6) is 0 Å². The summed E-state index contributed by atoms with van der Waals surface area (Å²) in [6.45, 7) is 0.925. The van der Waals surface area contributed by atoms with E-state index in [1.165, 1.54) is 4.90 Å². The second-order valence-electron chi connectivity index (χ2n) is 7.58. The summed E-state index contributed by atoms with van der Waals surface area (Å²) >= 11 is 0. The Morgan fingerprint density at radius 1 is 1.15 bits per heavy atom. The van der Waals surface area contributed by atoms with Crippen molar-refractivity contribution in [2.45, 2.75) is 45.1 Å². The van der Waals surface area contributed by atoms with Gasteiger partial charge in [-0.3, -0.25) is 24.2 Å². The van der Waals surface area contributed by atoms with Gasteiger partial charge in [0.15, 0.2) is 0 Å². The number of likely N-dealkylation sites (tertiary alicyclic amines) is 1. The lowest BCUT2D eigenvalue weighted by Crippen LogP contribution is -2.42. The van der Waals surface area contributed by atoms with Crippen LogP contribution >= 0.6 is 0 Å². The summed E-state index contributed by atoms with van der Waals surface area (Å²) in [4.78, 5) is 40.3. The SMILES string of the molecule is CNC(=O)c1ccc(CN(C)CN2C(=O)CC3(CCCCC3)C2=O)cc1. The fraction of sp³-hybridized carbons (Fsp3) is 0.550.